The fourth-order valence-corrected chi connectivity index (χ4v) is 2.97. The highest BCUT2D eigenvalue weighted by molar-refractivity contribution is 7.09. The van der Waals surface area contributed by atoms with Gasteiger partial charge in [0.15, 0.2) is 0 Å². The maximum absolute atomic E-state index is 12.4. The summed E-state index contributed by atoms with van der Waals surface area (Å²) < 4.78 is 5.66. The van der Waals surface area contributed by atoms with Gasteiger partial charge in [0, 0.05) is 18.0 Å². The molecule has 5 heteroatoms. The van der Waals surface area contributed by atoms with Crippen molar-refractivity contribution < 1.29 is 9.53 Å². The van der Waals surface area contributed by atoms with Gasteiger partial charge in [0.2, 0.25) is 5.91 Å². The largest absolute Gasteiger partial charge is 0.376 e. The van der Waals surface area contributed by atoms with Crippen LogP contribution in [0.3, 0.4) is 0 Å². The Morgan fingerprint density at radius 2 is 2.53 bits per heavy atom. The van der Waals surface area contributed by atoms with Crippen molar-refractivity contribution >= 4 is 17.2 Å². The Kier molecular flexibility index (Phi) is 5.36. The summed E-state index contributed by atoms with van der Waals surface area (Å²) in [6, 6.07) is 3.95. The Morgan fingerprint density at radius 3 is 3.11 bits per heavy atom. The summed E-state index contributed by atoms with van der Waals surface area (Å²) in [5, 5.41) is 5.07. The SMILES string of the molecule is CNC(C)C(=O)N(Cc1cccs1)CC1CCCO1. The number of amides is 1. The summed E-state index contributed by atoms with van der Waals surface area (Å²) in [6.07, 6.45) is 2.36. The molecule has 1 fully saturated rings. The highest BCUT2D eigenvalue weighted by Gasteiger charge is 2.25. The summed E-state index contributed by atoms with van der Waals surface area (Å²) in [5.74, 6) is 0.145. The number of thiophene rings is 1. The molecule has 0 aromatic carbocycles. The van der Waals surface area contributed by atoms with Gasteiger partial charge in [-0.15, -0.1) is 11.3 Å². The van der Waals surface area contributed by atoms with Gasteiger partial charge in [-0.1, -0.05) is 6.07 Å². The summed E-state index contributed by atoms with van der Waals surface area (Å²) in [7, 11) is 1.82. The van der Waals surface area contributed by atoms with Gasteiger partial charge in [-0.25, -0.2) is 0 Å². The Hall–Kier alpha value is -0.910. The molecule has 2 atom stereocenters. The van der Waals surface area contributed by atoms with E-state index in [0.29, 0.717) is 13.1 Å². The average molecular weight is 282 g/mol. The fraction of sp³-hybridized carbons (Fsp3) is 0.643. The first kappa shape index (κ1) is 14.5. The molecule has 2 unspecified atom stereocenters. The molecule has 0 bridgehead atoms. The zero-order chi connectivity index (χ0) is 13.7. The molecule has 0 spiro atoms. The van der Waals surface area contributed by atoms with Gasteiger partial charge in [-0.2, -0.15) is 0 Å². The zero-order valence-electron chi connectivity index (χ0n) is 11.6. The molecule has 1 aliphatic rings. The van der Waals surface area contributed by atoms with Gasteiger partial charge in [-0.05, 0) is 38.3 Å². The van der Waals surface area contributed by atoms with E-state index in [9.17, 15) is 4.79 Å². The molecule has 2 heterocycles. The minimum Gasteiger partial charge on any atom is -0.376 e. The van der Waals surface area contributed by atoms with Crippen molar-refractivity contribution in [2.75, 3.05) is 20.2 Å². The van der Waals surface area contributed by atoms with Crippen LogP contribution in [0.5, 0.6) is 0 Å². The third kappa shape index (κ3) is 4.03. The lowest BCUT2D eigenvalue weighted by Crippen LogP contribution is -2.45. The molecule has 0 saturated carbocycles. The second-order valence-corrected chi connectivity index (χ2v) is 5.98. The van der Waals surface area contributed by atoms with E-state index in [-0.39, 0.29) is 18.1 Å². The fourth-order valence-electron chi connectivity index (χ4n) is 2.25. The molecule has 1 aromatic heterocycles. The van der Waals surface area contributed by atoms with Crippen molar-refractivity contribution in [1.29, 1.82) is 0 Å². The number of carbonyl (C=O) groups excluding carboxylic acids is 1. The van der Waals surface area contributed by atoms with Crippen LogP contribution in [0.15, 0.2) is 17.5 Å². The van der Waals surface area contributed by atoms with Gasteiger partial charge in [0.1, 0.15) is 0 Å². The van der Waals surface area contributed by atoms with E-state index >= 15 is 0 Å². The minimum absolute atomic E-state index is 0.145. The second-order valence-electron chi connectivity index (χ2n) is 4.94. The normalized spacial score (nSPS) is 20.4. The van der Waals surface area contributed by atoms with Crippen molar-refractivity contribution in [3.05, 3.63) is 22.4 Å². The number of hydrogen-bond acceptors (Lipinski definition) is 4. The monoisotopic (exact) mass is 282 g/mol. The van der Waals surface area contributed by atoms with Crippen LogP contribution in [-0.4, -0.2) is 43.2 Å². The van der Waals surface area contributed by atoms with Crippen molar-refractivity contribution in [1.82, 2.24) is 10.2 Å². The topological polar surface area (TPSA) is 41.6 Å². The summed E-state index contributed by atoms with van der Waals surface area (Å²) in [6.45, 7) is 4.11. The van der Waals surface area contributed by atoms with Crippen LogP contribution in [0.25, 0.3) is 0 Å². The molecule has 0 radical (unpaired) electrons. The first-order valence-electron chi connectivity index (χ1n) is 6.80. The molecule has 106 valence electrons. The molecule has 1 N–H and O–H groups in total. The number of hydrogen-bond donors (Lipinski definition) is 1. The molecule has 1 saturated heterocycles. The van der Waals surface area contributed by atoms with E-state index in [1.807, 2.05) is 30.3 Å². The Morgan fingerprint density at radius 1 is 1.68 bits per heavy atom. The number of ether oxygens (including phenoxy) is 1. The van der Waals surface area contributed by atoms with E-state index < -0.39 is 0 Å². The van der Waals surface area contributed by atoms with Crippen LogP contribution >= 0.6 is 11.3 Å². The minimum atomic E-state index is -0.152. The Labute approximate surface area is 118 Å². The summed E-state index contributed by atoms with van der Waals surface area (Å²) in [5.41, 5.74) is 0. The van der Waals surface area contributed by atoms with Crippen LogP contribution in [0.2, 0.25) is 0 Å². The molecular formula is C14H22N2O2S. The standard InChI is InChI=1S/C14H22N2O2S/c1-11(15-2)14(17)16(9-12-5-3-7-18-12)10-13-6-4-8-19-13/h4,6,8,11-12,15H,3,5,7,9-10H2,1-2H3. The van der Waals surface area contributed by atoms with Crippen molar-refractivity contribution in [3.63, 3.8) is 0 Å². The lowest BCUT2D eigenvalue weighted by molar-refractivity contribution is -0.135. The third-order valence-corrected chi connectivity index (χ3v) is 4.35. The maximum atomic E-state index is 12.4. The molecule has 1 aliphatic heterocycles. The van der Waals surface area contributed by atoms with E-state index in [4.69, 9.17) is 4.74 Å². The number of carbonyl (C=O) groups is 1. The predicted molar refractivity (Wildman–Crippen MR) is 77.2 cm³/mol. The second kappa shape index (κ2) is 7.03. The van der Waals surface area contributed by atoms with Gasteiger partial charge in [-0.3, -0.25) is 4.79 Å². The average Bonchev–Trinajstić information content (AvgIpc) is 3.09. The highest BCUT2D eigenvalue weighted by atomic mass is 32.1. The lowest BCUT2D eigenvalue weighted by atomic mass is 10.2. The van der Waals surface area contributed by atoms with Crippen LogP contribution in [-0.2, 0) is 16.1 Å². The summed E-state index contributed by atoms with van der Waals surface area (Å²) in [4.78, 5) is 15.5. The van der Waals surface area contributed by atoms with E-state index in [0.717, 1.165) is 19.4 Å². The van der Waals surface area contributed by atoms with Gasteiger partial charge >= 0.3 is 0 Å². The van der Waals surface area contributed by atoms with Gasteiger partial charge < -0.3 is 15.0 Å². The predicted octanol–water partition coefficient (Wildman–Crippen LogP) is 1.86. The highest BCUT2D eigenvalue weighted by Crippen LogP contribution is 2.17. The number of nitrogens with one attached hydrogen (secondary N) is 1. The van der Waals surface area contributed by atoms with Gasteiger partial charge in [0.05, 0.1) is 18.7 Å². The molecule has 19 heavy (non-hydrogen) atoms. The van der Waals surface area contributed by atoms with E-state index in [1.165, 1.54) is 4.88 Å². The van der Waals surface area contributed by atoms with Crippen LogP contribution in [0, 0.1) is 0 Å². The molecule has 1 aromatic rings. The maximum Gasteiger partial charge on any atom is 0.239 e. The summed E-state index contributed by atoms with van der Waals surface area (Å²) >= 11 is 1.69. The third-order valence-electron chi connectivity index (χ3n) is 3.49. The Bertz CT molecular complexity index is 388. The van der Waals surface area contributed by atoms with Gasteiger partial charge in [0.25, 0.3) is 0 Å². The smallest absolute Gasteiger partial charge is 0.239 e. The molecular weight excluding hydrogens is 260 g/mol. The van der Waals surface area contributed by atoms with E-state index in [2.05, 4.69) is 11.4 Å². The number of likely N-dealkylation sites (N-methyl/N-ethyl adjacent to an activating group) is 1. The zero-order valence-corrected chi connectivity index (χ0v) is 12.4. The Balaban J connectivity index is 2.00. The first-order valence-corrected chi connectivity index (χ1v) is 7.68. The number of nitrogens with zero attached hydrogens (tertiary/aromatic N) is 1. The van der Waals surface area contributed by atoms with Crippen molar-refractivity contribution in [3.8, 4) is 0 Å². The van der Waals surface area contributed by atoms with Crippen LogP contribution in [0.1, 0.15) is 24.6 Å². The van der Waals surface area contributed by atoms with Crippen molar-refractivity contribution in [2.45, 2.75) is 38.5 Å². The van der Waals surface area contributed by atoms with Crippen LogP contribution < -0.4 is 5.32 Å². The molecule has 4 nitrogen and oxygen atoms in total. The van der Waals surface area contributed by atoms with E-state index in [1.54, 1.807) is 11.3 Å². The first-order chi connectivity index (χ1) is 9.20. The van der Waals surface area contributed by atoms with Crippen molar-refractivity contribution in [2.24, 2.45) is 0 Å². The quantitative estimate of drug-likeness (QED) is 0.866. The number of rotatable bonds is 6. The molecule has 1 amide bonds. The lowest BCUT2D eigenvalue weighted by Gasteiger charge is -2.27. The molecule has 2 rings (SSSR count). The molecule has 0 aliphatic carbocycles. The van der Waals surface area contributed by atoms with Crippen LogP contribution in [0.4, 0.5) is 0 Å².